The molecule has 106 valence electrons. The van der Waals surface area contributed by atoms with Crippen molar-refractivity contribution < 1.29 is 13.9 Å². The molecule has 0 aliphatic carbocycles. The summed E-state index contributed by atoms with van der Waals surface area (Å²) in [5.74, 6) is -0.922. The van der Waals surface area contributed by atoms with Crippen LogP contribution in [0, 0.1) is 11.6 Å². The fourth-order valence-corrected chi connectivity index (χ4v) is 3.06. The van der Waals surface area contributed by atoms with Crippen molar-refractivity contribution >= 4 is 27.7 Å². The number of benzene rings is 2. The Balaban J connectivity index is 2.17. The second kappa shape index (κ2) is 6.70. The van der Waals surface area contributed by atoms with Crippen LogP contribution in [0.15, 0.2) is 45.8 Å². The second-order valence-corrected chi connectivity index (χ2v) is 6.26. The number of halogens is 3. The molecule has 1 nitrogen and oxygen atoms in total. The van der Waals surface area contributed by atoms with Gasteiger partial charge in [0.2, 0.25) is 0 Å². The maximum atomic E-state index is 13.8. The molecule has 0 aromatic heterocycles. The SMILES string of the molecule is CC(O)c1cccc(SCc2c(F)ccc(Br)c2F)c1. The van der Waals surface area contributed by atoms with E-state index < -0.39 is 17.7 Å². The molecule has 0 saturated heterocycles. The Morgan fingerprint density at radius 2 is 2.00 bits per heavy atom. The zero-order valence-electron chi connectivity index (χ0n) is 10.7. The first kappa shape index (κ1) is 15.5. The molecule has 0 radical (unpaired) electrons. The minimum absolute atomic E-state index is 0.0480. The van der Waals surface area contributed by atoms with E-state index in [1.54, 1.807) is 6.92 Å². The second-order valence-electron chi connectivity index (χ2n) is 4.36. The minimum Gasteiger partial charge on any atom is -0.389 e. The summed E-state index contributed by atoms with van der Waals surface area (Å²) in [4.78, 5) is 0.863. The van der Waals surface area contributed by atoms with E-state index >= 15 is 0 Å². The third-order valence-electron chi connectivity index (χ3n) is 2.86. The van der Waals surface area contributed by atoms with Gasteiger partial charge in [-0.25, -0.2) is 8.78 Å². The Bertz CT molecular complexity index is 617. The van der Waals surface area contributed by atoms with Crippen LogP contribution in [0.1, 0.15) is 24.2 Å². The molecule has 0 aliphatic rings. The first-order chi connectivity index (χ1) is 9.49. The van der Waals surface area contributed by atoms with E-state index in [4.69, 9.17) is 0 Å². The van der Waals surface area contributed by atoms with Crippen molar-refractivity contribution in [1.82, 2.24) is 0 Å². The topological polar surface area (TPSA) is 20.2 Å². The van der Waals surface area contributed by atoms with Gasteiger partial charge in [-0.05, 0) is 52.7 Å². The quantitative estimate of drug-likeness (QED) is 0.607. The Morgan fingerprint density at radius 1 is 1.25 bits per heavy atom. The zero-order valence-corrected chi connectivity index (χ0v) is 13.1. The summed E-state index contributed by atoms with van der Waals surface area (Å²) in [5.41, 5.74) is 0.831. The van der Waals surface area contributed by atoms with Crippen molar-refractivity contribution in [2.45, 2.75) is 23.7 Å². The van der Waals surface area contributed by atoms with Gasteiger partial charge >= 0.3 is 0 Å². The van der Waals surface area contributed by atoms with E-state index in [0.29, 0.717) is 0 Å². The molecular weight excluding hydrogens is 346 g/mol. The lowest BCUT2D eigenvalue weighted by Gasteiger charge is -2.09. The Labute approximate surface area is 129 Å². The predicted molar refractivity (Wildman–Crippen MR) is 80.7 cm³/mol. The van der Waals surface area contributed by atoms with E-state index in [0.717, 1.165) is 10.5 Å². The normalized spacial score (nSPS) is 12.4. The average molecular weight is 359 g/mol. The molecule has 0 spiro atoms. The van der Waals surface area contributed by atoms with E-state index in [9.17, 15) is 13.9 Å². The van der Waals surface area contributed by atoms with Gasteiger partial charge in [-0.3, -0.25) is 0 Å². The first-order valence-electron chi connectivity index (χ1n) is 6.02. The van der Waals surface area contributed by atoms with Gasteiger partial charge in [-0.2, -0.15) is 0 Å². The Kier molecular flexibility index (Phi) is 5.18. The van der Waals surface area contributed by atoms with Crippen LogP contribution in [-0.2, 0) is 5.75 Å². The summed E-state index contributed by atoms with van der Waals surface area (Å²) in [5, 5.41) is 9.52. The highest BCUT2D eigenvalue weighted by Gasteiger charge is 2.12. The largest absolute Gasteiger partial charge is 0.389 e. The number of hydrogen-bond acceptors (Lipinski definition) is 2. The lowest BCUT2D eigenvalue weighted by molar-refractivity contribution is 0.199. The van der Waals surface area contributed by atoms with Gasteiger partial charge in [-0.15, -0.1) is 11.8 Å². The summed E-state index contributed by atoms with van der Waals surface area (Å²) < 4.78 is 27.7. The summed E-state index contributed by atoms with van der Waals surface area (Å²) in [6.45, 7) is 1.68. The highest BCUT2D eigenvalue weighted by molar-refractivity contribution is 9.10. The molecule has 2 rings (SSSR count). The monoisotopic (exact) mass is 358 g/mol. The van der Waals surface area contributed by atoms with Gasteiger partial charge in [0.15, 0.2) is 0 Å². The molecule has 1 N–H and O–H groups in total. The molecule has 0 aliphatic heterocycles. The van der Waals surface area contributed by atoms with Crippen LogP contribution in [0.4, 0.5) is 8.78 Å². The number of aliphatic hydroxyl groups excluding tert-OH is 1. The van der Waals surface area contributed by atoms with Crippen LogP contribution >= 0.6 is 27.7 Å². The number of hydrogen-bond donors (Lipinski definition) is 1. The summed E-state index contributed by atoms with van der Waals surface area (Å²) >= 11 is 4.38. The van der Waals surface area contributed by atoms with Gasteiger partial charge in [0.1, 0.15) is 11.6 Å². The van der Waals surface area contributed by atoms with E-state index in [1.165, 1.54) is 23.9 Å². The number of aliphatic hydroxyl groups is 1. The molecule has 0 fully saturated rings. The summed E-state index contributed by atoms with van der Waals surface area (Å²) in [6, 6.07) is 9.91. The molecule has 1 atom stereocenters. The van der Waals surface area contributed by atoms with Gasteiger partial charge in [0.05, 0.1) is 10.6 Å². The Hall–Kier alpha value is -0.910. The molecule has 20 heavy (non-hydrogen) atoms. The van der Waals surface area contributed by atoms with Gasteiger partial charge in [0.25, 0.3) is 0 Å². The van der Waals surface area contributed by atoms with Crippen LogP contribution < -0.4 is 0 Å². The minimum atomic E-state index is -0.566. The molecule has 0 saturated carbocycles. The zero-order chi connectivity index (χ0) is 14.7. The fourth-order valence-electron chi connectivity index (χ4n) is 1.72. The number of thioether (sulfide) groups is 1. The maximum Gasteiger partial charge on any atom is 0.144 e. The van der Waals surface area contributed by atoms with Crippen molar-refractivity contribution in [3.05, 3.63) is 63.6 Å². The van der Waals surface area contributed by atoms with Gasteiger partial charge < -0.3 is 5.11 Å². The predicted octanol–water partition coefficient (Wildman–Crippen LogP) is 5.07. The van der Waals surface area contributed by atoms with Crippen LogP contribution in [0.3, 0.4) is 0 Å². The third kappa shape index (κ3) is 3.59. The molecule has 1 unspecified atom stereocenters. The lowest BCUT2D eigenvalue weighted by atomic mass is 10.1. The highest BCUT2D eigenvalue weighted by atomic mass is 79.9. The van der Waals surface area contributed by atoms with Crippen molar-refractivity contribution in [2.24, 2.45) is 0 Å². The summed E-state index contributed by atoms with van der Waals surface area (Å²) in [7, 11) is 0. The molecular formula is C15H13BrF2OS. The molecule has 2 aromatic carbocycles. The van der Waals surface area contributed by atoms with E-state index in [-0.39, 0.29) is 15.8 Å². The highest BCUT2D eigenvalue weighted by Crippen LogP contribution is 2.30. The van der Waals surface area contributed by atoms with Gasteiger partial charge in [-0.1, -0.05) is 12.1 Å². The number of rotatable bonds is 4. The van der Waals surface area contributed by atoms with Crippen LogP contribution in [0.5, 0.6) is 0 Å². The first-order valence-corrected chi connectivity index (χ1v) is 7.80. The standard InChI is InChI=1S/C15H13BrF2OS/c1-9(19)10-3-2-4-11(7-10)20-8-12-14(17)6-5-13(16)15(12)18/h2-7,9,19H,8H2,1H3. The van der Waals surface area contributed by atoms with E-state index in [2.05, 4.69) is 15.9 Å². The van der Waals surface area contributed by atoms with Gasteiger partial charge in [0, 0.05) is 16.2 Å². The lowest BCUT2D eigenvalue weighted by Crippen LogP contribution is -1.95. The van der Waals surface area contributed by atoms with Crippen LogP contribution in [0.2, 0.25) is 0 Å². The third-order valence-corrected chi connectivity index (χ3v) is 4.50. The average Bonchev–Trinajstić information content (AvgIpc) is 2.43. The molecule has 5 heteroatoms. The van der Waals surface area contributed by atoms with E-state index in [1.807, 2.05) is 24.3 Å². The van der Waals surface area contributed by atoms with Crippen LogP contribution in [0.25, 0.3) is 0 Å². The summed E-state index contributed by atoms with van der Waals surface area (Å²) in [6.07, 6.45) is -0.560. The van der Waals surface area contributed by atoms with Crippen LogP contribution in [-0.4, -0.2) is 5.11 Å². The fraction of sp³-hybridized carbons (Fsp3) is 0.200. The molecule has 0 heterocycles. The smallest absolute Gasteiger partial charge is 0.144 e. The van der Waals surface area contributed by atoms with Crippen molar-refractivity contribution in [2.75, 3.05) is 0 Å². The molecule has 0 amide bonds. The maximum absolute atomic E-state index is 13.8. The Morgan fingerprint density at radius 3 is 2.70 bits per heavy atom. The van der Waals surface area contributed by atoms with Crippen molar-refractivity contribution in [3.63, 3.8) is 0 Å². The molecule has 2 aromatic rings. The van der Waals surface area contributed by atoms with Crippen molar-refractivity contribution in [1.29, 1.82) is 0 Å². The molecule has 0 bridgehead atoms. The van der Waals surface area contributed by atoms with Crippen molar-refractivity contribution in [3.8, 4) is 0 Å².